The highest BCUT2D eigenvalue weighted by Crippen LogP contribution is 2.34. The van der Waals surface area contributed by atoms with E-state index < -0.39 is 16.8 Å². The molecule has 2 rings (SSSR count). The van der Waals surface area contributed by atoms with Gasteiger partial charge in [-0.15, -0.1) is 11.3 Å². The Hall–Kier alpha value is -2.87. The summed E-state index contributed by atoms with van der Waals surface area (Å²) in [7, 11) is 3.14. The highest BCUT2D eigenvalue weighted by molar-refractivity contribution is 7.12. The standard InChI is InChI=1S/C27H39NO4S.C2H4O2.C2H6/c1-18(10-8-9-15-28-7)22-16-21(29)23(25(31)32-22)24(30)27(5,6)17-20-12-11-19(33-20)13-14-26(2,3)4;1-4-2-3;1-2/h9,11-12,15-16,18,28-29H,8,10,13-14,17H2,1-7H3;2H,1H3;1-2H3/b15-9+;;. The summed E-state index contributed by atoms with van der Waals surface area (Å²) in [6.45, 7) is 16.6. The molecule has 0 saturated carbocycles. The number of allylic oxidation sites excluding steroid dienone is 1. The maximum Gasteiger partial charge on any atom is 0.350 e. The lowest BCUT2D eigenvalue weighted by Crippen LogP contribution is -2.31. The van der Waals surface area contributed by atoms with Crippen molar-refractivity contribution in [2.75, 3.05) is 14.2 Å². The van der Waals surface area contributed by atoms with Gasteiger partial charge in [-0.2, -0.15) is 0 Å². The van der Waals surface area contributed by atoms with Gasteiger partial charge in [0.15, 0.2) is 5.78 Å². The van der Waals surface area contributed by atoms with E-state index in [-0.39, 0.29) is 22.6 Å². The molecule has 0 saturated heterocycles. The molecule has 7 nitrogen and oxygen atoms in total. The van der Waals surface area contributed by atoms with Crippen molar-refractivity contribution in [1.82, 2.24) is 5.32 Å². The zero-order valence-electron chi connectivity index (χ0n) is 25.5. The van der Waals surface area contributed by atoms with Crippen LogP contribution in [0.5, 0.6) is 5.75 Å². The summed E-state index contributed by atoms with van der Waals surface area (Å²) in [4.78, 5) is 37.3. The molecule has 0 aliphatic heterocycles. The Morgan fingerprint density at radius 2 is 1.77 bits per heavy atom. The second kappa shape index (κ2) is 17.7. The first-order chi connectivity index (χ1) is 18.3. The van der Waals surface area contributed by atoms with Crippen molar-refractivity contribution in [2.24, 2.45) is 10.8 Å². The van der Waals surface area contributed by atoms with Gasteiger partial charge < -0.3 is 19.6 Å². The van der Waals surface area contributed by atoms with Gasteiger partial charge in [-0.05, 0) is 55.9 Å². The number of ether oxygens (including phenoxy) is 1. The normalized spacial score (nSPS) is 12.1. The van der Waals surface area contributed by atoms with E-state index in [0.29, 0.717) is 18.7 Å². The molecule has 2 heterocycles. The van der Waals surface area contributed by atoms with Crippen LogP contribution in [0.1, 0.15) is 106 Å². The molecule has 1 atom stereocenters. The van der Waals surface area contributed by atoms with E-state index >= 15 is 0 Å². The van der Waals surface area contributed by atoms with E-state index in [1.807, 2.05) is 53.9 Å². The Labute approximate surface area is 238 Å². The monoisotopic (exact) mass is 563 g/mol. The number of rotatable bonds is 12. The molecule has 0 fully saturated rings. The van der Waals surface area contributed by atoms with Crippen LogP contribution in [0, 0.1) is 10.8 Å². The third-order valence-electron chi connectivity index (χ3n) is 5.88. The largest absolute Gasteiger partial charge is 0.507 e. The number of hydrogen-bond acceptors (Lipinski definition) is 8. The number of thiophene rings is 1. The minimum atomic E-state index is -0.844. The fraction of sp³-hybridized carbons (Fsp3) is 0.581. The molecule has 2 N–H and O–H groups in total. The van der Waals surface area contributed by atoms with Crippen LogP contribution in [-0.4, -0.2) is 31.5 Å². The summed E-state index contributed by atoms with van der Waals surface area (Å²) < 4.78 is 9.33. The molecule has 0 spiro atoms. The van der Waals surface area contributed by atoms with Crippen LogP contribution >= 0.6 is 11.3 Å². The van der Waals surface area contributed by atoms with Gasteiger partial charge in [0.25, 0.3) is 6.47 Å². The summed E-state index contributed by atoms with van der Waals surface area (Å²) in [5, 5.41) is 13.5. The number of methoxy groups -OCH3 is 1. The zero-order valence-corrected chi connectivity index (χ0v) is 26.3. The number of aryl methyl sites for hydroxylation is 1. The van der Waals surface area contributed by atoms with Crippen LogP contribution in [0.3, 0.4) is 0 Å². The van der Waals surface area contributed by atoms with Gasteiger partial charge in [-0.3, -0.25) is 9.59 Å². The van der Waals surface area contributed by atoms with Crippen molar-refractivity contribution in [3.63, 3.8) is 0 Å². The number of carbonyl (C=O) groups excluding carboxylic acids is 2. The van der Waals surface area contributed by atoms with Crippen LogP contribution in [0.4, 0.5) is 0 Å². The Kier molecular flexibility index (Phi) is 16.4. The first-order valence-corrected chi connectivity index (χ1v) is 14.4. The van der Waals surface area contributed by atoms with E-state index in [1.54, 1.807) is 11.3 Å². The third-order valence-corrected chi connectivity index (χ3v) is 7.02. The predicted octanol–water partition coefficient (Wildman–Crippen LogP) is 7.27. The van der Waals surface area contributed by atoms with Gasteiger partial charge in [0.2, 0.25) is 0 Å². The first kappa shape index (κ1) is 36.1. The van der Waals surface area contributed by atoms with Gasteiger partial charge in [0, 0.05) is 34.2 Å². The molecule has 39 heavy (non-hydrogen) atoms. The van der Waals surface area contributed by atoms with Crippen molar-refractivity contribution in [3.8, 4) is 5.75 Å². The van der Waals surface area contributed by atoms with E-state index in [1.165, 1.54) is 18.1 Å². The van der Waals surface area contributed by atoms with Crippen molar-refractivity contribution in [2.45, 2.75) is 93.4 Å². The van der Waals surface area contributed by atoms with Gasteiger partial charge in [-0.1, -0.05) is 61.5 Å². The quantitative estimate of drug-likeness (QED) is 0.207. The molecule has 0 aliphatic carbocycles. The summed E-state index contributed by atoms with van der Waals surface area (Å²) in [6.07, 6.45) is 8.02. The highest BCUT2D eigenvalue weighted by atomic mass is 32.1. The molecule has 8 heteroatoms. The fourth-order valence-corrected chi connectivity index (χ4v) is 4.89. The van der Waals surface area contributed by atoms with E-state index in [2.05, 4.69) is 43.0 Å². The van der Waals surface area contributed by atoms with Crippen molar-refractivity contribution in [1.29, 1.82) is 0 Å². The first-order valence-electron chi connectivity index (χ1n) is 13.5. The predicted molar refractivity (Wildman–Crippen MR) is 161 cm³/mol. The Bertz CT molecular complexity index is 1090. The summed E-state index contributed by atoms with van der Waals surface area (Å²) >= 11 is 1.71. The SMILES string of the molecule is CC.CN/C=C/CCC(C)c1cc(O)c(C(=O)C(C)(C)Cc2ccc(CCC(C)(C)C)s2)c(=O)o1.COC=O. The van der Waals surface area contributed by atoms with Crippen LogP contribution in [0.25, 0.3) is 0 Å². The van der Waals surface area contributed by atoms with Crippen molar-refractivity contribution < 1.29 is 23.8 Å². The average Bonchev–Trinajstić information content (AvgIpc) is 3.32. The van der Waals surface area contributed by atoms with Crippen LogP contribution < -0.4 is 10.9 Å². The van der Waals surface area contributed by atoms with Gasteiger partial charge in [0.05, 0.1) is 7.11 Å². The molecular weight excluding hydrogens is 514 g/mol. The number of nitrogens with one attached hydrogen (secondary N) is 1. The molecule has 0 bridgehead atoms. The number of carbonyl (C=O) groups is 2. The van der Waals surface area contributed by atoms with Crippen molar-refractivity contribution in [3.05, 3.63) is 62.0 Å². The van der Waals surface area contributed by atoms with Gasteiger partial charge in [0.1, 0.15) is 17.1 Å². The van der Waals surface area contributed by atoms with Gasteiger partial charge in [-0.25, -0.2) is 4.79 Å². The summed E-state index contributed by atoms with van der Waals surface area (Å²) in [5.41, 5.74) is -1.59. The van der Waals surface area contributed by atoms with Crippen LogP contribution in [0.15, 0.2) is 39.7 Å². The number of hydrogen-bond donors (Lipinski definition) is 2. The second-order valence-electron chi connectivity index (χ2n) is 11.0. The second-order valence-corrected chi connectivity index (χ2v) is 12.3. The lowest BCUT2D eigenvalue weighted by Gasteiger charge is -2.22. The summed E-state index contributed by atoms with van der Waals surface area (Å²) in [5.74, 6) is -0.352. The number of ketones is 1. The molecule has 220 valence electrons. The Balaban J connectivity index is 0.00000220. The van der Waals surface area contributed by atoms with E-state index in [9.17, 15) is 14.7 Å². The highest BCUT2D eigenvalue weighted by Gasteiger charge is 2.34. The molecule has 0 radical (unpaired) electrons. The minimum Gasteiger partial charge on any atom is -0.507 e. The van der Waals surface area contributed by atoms with Crippen LogP contribution in [-0.2, 0) is 22.4 Å². The fourth-order valence-electron chi connectivity index (χ4n) is 3.64. The topological polar surface area (TPSA) is 106 Å². The van der Waals surface area contributed by atoms with Crippen LogP contribution in [0.2, 0.25) is 0 Å². The Morgan fingerprint density at radius 1 is 1.18 bits per heavy atom. The molecule has 1 unspecified atom stereocenters. The minimum absolute atomic E-state index is 0.0556. The molecular formula is C31H49NO6S. The van der Waals surface area contributed by atoms with Gasteiger partial charge >= 0.3 is 5.63 Å². The molecule has 0 aliphatic rings. The van der Waals surface area contributed by atoms with E-state index in [4.69, 9.17) is 9.21 Å². The molecule has 0 aromatic carbocycles. The van der Waals surface area contributed by atoms with Crippen molar-refractivity contribution >= 4 is 23.6 Å². The maximum absolute atomic E-state index is 13.3. The molecule has 0 amide bonds. The summed E-state index contributed by atoms with van der Waals surface area (Å²) in [6, 6.07) is 5.61. The smallest absolute Gasteiger partial charge is 0.350 e. The lowest BCUT2D eigenvalue weighted by molar-refractivity contribution is -0.126. The zero-order chi connectivity index (χ0) is 30.2. The molecule has 2 aromatic heterocycles. The third kappa shape index (κ3) is 13.2. The average molecular weight is 564 g/mol. The number of aromatic hydroxyl groups is 1. The Morgan fingerprint density at radius 3 is 2.28 bits per heavy atom. The van der Waals surface area contributed by atoms with E-state index in [0.717, 1.165) is 30.6 Å². The molecule has 2 aromatic rings. The number of Topliss-reactive ketones (excluding diaryl/α,β-unsaturated/α-hetero) is 1. The lowest BCUT2D eigenvalue weighted by atomic mass is 9.81. The maximum atomic E-state index is 13.3.